The number of carbonyl (C=O) groups excluding carboxylic acids is 1. The Morgan fingerprint density at radius 3 is 2.83 bits per heavy atom. The van der Waals surface area contributed by atoms with Gasteiger partial charge in [0.1, 0.15) is 0 Å². The van der Waals surface area contributed by atoms with Gasteiger partial charge in [-0.15, -0.1) is 12.4 Å². The lowest BCUT2D eigenvalue weighted by atomic mass is 9.79. The number of carbonyl (C=O) groups is 1. The van der Waals surface area contributed by atoms with Gasteiger partial charge < -0.3 is 24.8 Å². The molecule has 2 saturated heterocycles. The molecule has 0 aliphatic carbocycles. The normalized spacial score (nSPS) is 23.3. The van der Waals surface area contributed by atoms with E-state index < -0.39 is 0 Å². The van der Waals surface area contributed by atoms with E-state index in [9.17, 15) is 4.79 Å². The average molecular weight is 351 g/mol. The van der Waals surface area contributed by atoms with E-state index in [-0.39, 0.29) is 29.8 Å². The van der Waals surface area contributed by atoms with Gasteiger partial charge in [0, 0.05) is 32.1 Å². The predicted octanol–water partition coefficient (Wildman–Crippen LogP) is 1.13. The Bertz CT molecular complexity index is 327. The van der Waals surface area contributed by atoms with Crippen LogP contribution < -0.4 is 10.6 Å². The molecule has 1 atom stereocenters. The van der Waals surface area contributed by atoms with Crippen LogP contribution in [0.4, 0.5) is 0 Å². The van der Waals surface area contributed by atoms with Crippen LogP contribution in [0.5, 0.6) is 0 Å². The maximum Gasteiger partial charge on any atom is 0.222 e. The van der Waals surface area contributed by atoms with Crippen molar-refractivity contribution in [2.24, 2.45) is 5.41 Å². The van der Waals surface area contributed by atoms with Crippen molar-refractivity contribution in [3.8, 4) is 0 Å². The van der Waals surface area contributed by atoms with Crippen LogP contribution in [0.1, 0.15) is 32.1 Å². The van der Waals surface area contributed by atoms with Gasteiger partial charge in [0.25, 0.3) is 0 Å². The van der Waals surface area contributed by atoms with Gasteiger partial charge in [-0.2, -0.15) is 0 Å². The van der Waals surface area contributed by atoms with Gasteiger partial charge in [0.15, 0.2) is 0 Å². The molecule has 6 nitrogen and oxygen atoms in total. The van der Waals surface area contributed by atoms with Crippen molar-refractivity contribution in [3.63, 3.8) is 0 Å². The summed E-state index contributed by atoms with van der Waals surface area (Å²) in [4.78, 5) is 11.9. The summed E-state index contributed by atoms with van der Waals surface area (Å²) in [5.74, 6) is 0.0568. The number of ether oxygens (including phenoxy) is 3. The maximum atomic E-state index is 11.9. The first-order valence-corrected chi connectivity index (χ1v) is 8.40. The quantitative estimate of drug-likeness (QED) is 0.610. The van der Waals surface area contributed by atoms with Crippen LogP contribution in [0.3, 0.4) is 0 Å². The van der Waals surface area contributed by atoms with Gasteiger partial charge in [0.05, 0.1) is 25.9 Å². The third-order valence-electron chi connectivity index (χ3n) is 4.58. The number of hydrogen-bond donors (Lipinski definition) is 2. The second-order valence-corrected chi connectivity index (χ2v) is 6.42. The maximum absolute atomic E-state index is 11.9. The zero-order valence-electron chi connectivity index (χ0n) is 14.1. The summed E-state index contributed by atoms with van der Waals surface area (Å²) in [6.45, 7) is 5.27. The number of amides is 1. The SMILES string of the molecule is COCC1(CNC(=O)CCOCC2CCCO2)CCNCC1.Cl. The molecule has 0 saturated carbocycles. The van der Waals surface area contributed by atoms with Crippen LogP contribution in [0, 0.1) is 5.41 Å². The monoisotopic (exact) mass is 350 g/mol. The smallest absolute Gasteiger partial charge is 0.222 e. The largest absolute Gasteiger partial charge is 0.384 e. The minimum atomic E-state index is 0. The predicted molar refractivity (Wildman–Crippen MR) is 91.1 cm³/mol. The Morgan fingerprint density at radius 2 is 2.17 bits per heavy atom. The van der Waals surface area contributed by atoms with Crippen LogP contribution in [0.25, 0.3) is 0 Å². The number of halogens is 1. The summed E-state index contributed by atoms with van der Waals surface area (Å²) in [5, 5.41) is 6.40. The molecule has 2 rings (SSSR count). The first kappa shape index (κ1) is 20.6. The molecule has 2 aliphatic heterocycles. The Morgan fingerprint density at radius 1 is 1.39 bits per heavy atom. The second kappa shape index (κ2) is 11.2. The number of nitrogens with one attached hydrogen (secondary N) is 2. The highest BCUT2D eigenvalue weighted by atomic mass is 35.5. The molecule has 1 amide bonds. The van der Waals surface area contributed by atoms with Crippen LogP contribution in [-0.2, 0) is 19.0 Å². The van der Waals surface area contributed by atoms with Crippen LogP contribution in [0.2, 0.25) is 0 Å². The Hall–Kier alpha value is -0.400. The zero-order chi connectivity index (χ0) is 15.7. The fraction of sp³-hybridized carbons (Fsp3) is 0.938. The number of methoxy groups -OCH3 is 1. The molecule has 0 spiro atoms. The van der Waals surface area contributed by atoms with Gasteiger partial charge >= 0.3 is 0 Å². The van der Waals surface area contributed by atoms with Crippen molar-refractivity contribution in [1.29, 1.82) is 0 Å². The van der Waals surface area contributed by atoms with Crippen molar-refractivity contribution < 1.29 is 19.0 Å². The van der Waals surface area contributed by atoms with Crippen molar-refractivity contribution >= 4 is 18.3 Å². The molecule has 1 unspecified atom stereocenters. The van der Waals surface area contributed by atoms with E-state index in [0.717, 1.165) is 45.4 Å². The van der Waals surface area contributed by atoms with Gasteiger partial charge in [-0.25, -0.2) is 0 Å². The first-order valence-electron chi connectivity index (χ1n) is 8.40. The van der Waals surface area contributed by atoms with Crippen molar-refractivity contribution in [3.05, 3.63) is 0 Å². The average Bonchev–Trinajstić information content (AvgIpc) is 3.04. The summed E-state index contributed by atoms with van der Waals surface area (Å²) in [6, 6.07) is 0. The number of hydrogen-bond acceptors (Lipinski definition) is 5. The minimum Gasteiger partial charge on any atom is -0.384 e. The molecular weight excluding hydrogens is 320 g/mol. The lowest BCUT2D eigenvalue weighted by Crippen LogP contribution is -2.47. The van der Waals surface area contributed by atoms with E-state index in [4.69, 9.17) is 14.2 Å². The van der Waals surface area contributed by atoms with Crippen molar-refractivity contribution in [1.82, 2.24) is 10.6 Å². The number of rotatable bonds is 9. The topological polar surface area (TPSA) is 68.8 Å². The molecule has 0 radical (unpaired) electrons. The Kier molecular flexibility index (Phi) is 10.1. The lowest BCUT2D eigenvalue weighted by Gasteiger charge is -2.37. The van der Waals surface area contributed by atoms with Gasteiger partial charge in [0.2, 0.25) is 5.91 Å². The molecular formula is C16H31ClN2O4. The molecule has 2 aliphatic rings. The molecule has 23 heavy (non-hydrogen) atoms. The van der Waals surface area contributed by atoms with Gasteiger partial charge in [-0.1, -0.05) is 0 Å². The molecule has 2 N–H and O–H groups in total. The third kappa shape index (κ3) is 7.35. The highest BCUT2D eigenvalue weighted by Gasteiger charge is 2.32. The Labute approximate surface area is 145 Å². The van der Waals surface area contributed by atoms with Gasteiger partial charge in [-0.05, 0) is 38.8 Å². The first-order chi connectivity index (χ1) is 10.7. The molecule has 0 aromatic rings. The summed E-state index contributed by atoms with van der Waals surface area (Å²) < 4.78 is 16.4. The van der Waals surface area contributed by atoms with E-state index in [1.807, 2.05) is 0 Å². The van der Waals surface area contributed by atoms with E-state index in [1.165, 1.54) is 0 Å². The lowest BCUT2D eigenvalue weighted by molar-refractivity contribution is -0.123. The molecule has 7 heteroatoms. The summed E-state index contributed by atoms with van der Waals surface area (Å²) in [6.07, 6.45) is 4.90. The molecule has 0 aromatic heterocycles. The van der Waals surface area contributed by atoms with Crippen molar-refractivity contribution in [2.45, 2.75) is 38.2 Å². The summed E-state index contributed by atoms with van der Waals surface area (Å²) >= 11 is 0. The fourth-order valence-electron chi connectivity index (χ4n) is 3.17. The van der Waals surface area contributed by atoms with E-state index in [0.29, 0.717) is 32.8 Å². The van der Waals surface area contributed by atoms with E-state index in [2.05, 4.69) is 10.6 Å². The van der Waals surface area contributed by atoms with Gasteiger partial charge in [-0.3, -0.25) is 4.79 Å². The number of piperidine rings is 1. The molecule has 0 aromatic carbocycles. The van der Waals surface area contributed by atoms with Crippen LogP contribution in [0.15, 0.2) is 0 Å². The Balaban J connectivity index is 0.00000264. The fourth-order valence-corrected chi connectivity index (χ4v) is 3.17. The van der Waals surface area contributed by atoms with Crippen molar-refractivity contribution in [2.75, 3.05) is 53.2 Å². The zero-order valence-corrected chi connectivity index (χ0v) is 14.9. The van der Waals surface area contributed by atoms with E-state index in [1.54, 1.807) is 7.11 Å². The second-order valence-electron chi connectivity index (χ2n) is 6.42. The molecule has 136 valence electrons. The molecule has 0 bridgehead atoms. The molecule has 2 heterocycles. The summed E-state index contributed by atoms with van der Waals surface area (Å²) in [5.41, 5.74) is 0.0776. The highest BCUT2D eigenvalue weighted by molar-refractivity contribution is 5.85. The minimum absolute atomic E-state index is 0. The van der Waals surface area contributed by atoms with Crippen LogP contribution in [-0.4, -0.2) is 65.2 Å². The molecule has 2 fully saturated rings. The third-order valence-corrected chi connectivity index (χ3v) is 4.58. The van der Waals surface area contributed by atoms with Crippen LogP contribution >= 0.6 is 12.4 Å². The highest BCUT2D eigenvalue weighted by Crippen LogP contribution is 2.28. The summed E-state index contributed by atoms with van der Waals surface area (Å²) in [7, 11) is 1.73. The standard InChI is InChI=1S/C16H30N2O4.ClH/c1-20-13-16(5-7-17-8-6-16)12-18-15(19)4-10-21-11-14-3-2-9-22-14;/h14,17H,2-13H2,1H3,(H,18,19);1H. The van der Waals surface area contributed by atoms with E-state index >= 15 is 0 Å².